The SMILES string of the molecule is N=c1oc2ccc(Cl)cc2cc1C(=O)NCc1ccc(Cl)cc1. The average molecular weight is 347 g/mol. The topological polar surface area (TPSA) is 66.1 Å². The summed E-state index contributed by atoms with van der Waals surface area (Å²) < 4.78 is 5.37. The number of carbonyl (C=O) groups is 1. The number of amides is 1. The number of nitrogens with one attached hydrogen (secondary N) is 2. The summed E-state index contributed by atoms with van der Waals surface area (Å²) in [6, 6.07) is 13.8. The third-order valence-corrected chi connectivity index (χ3v) is 3.83. The molecule has 2 aromatic carbocycles. The molecule has 0 atom stereocenters. The highest BCUT2D eigenvalue weighted by atomic mass is 35.5. The molecule has 0 aliphatic heterocycles. The molecule has 4 nitrogen and oxygen atoms in total. The highest BCUT2D eigenvalue weighted by Crippen LogP contribution is 2.18. The Morgan fingerprint density at radius 3 is 2.48 bits per heavy atom. The van der Waals surface area contributed by atoms with Crippen molar-refractivity contribution in [3.8, 4) is 0 Å². The molecule has 0 radical (unpaired) electrons. The van der Waals surface area contributed by atoms with Crippen molar-refractivity contribution in [2.75, 3.05) is 0 Å². The quantitative estimate of drug-likeness (QED) is 0.748. The first kappa shape index (κ1) is 15.6. The summed E-state index contributed by atoms with van der Waals surface area (Å²) in [4.78, 5) is 12.3. The van der Waals surface area contributed by atoms with Crippen LogP contribution in [0.1, 0.15) is 15.9 Å². The van der Waals surface area contributed by atoms with E-state index >= 15 is 0 Å². The van der Waals surface area contributed by atoms with Crippen LogP contribution >= 0.6 is 23.2 Å². The van der Waals surface area contributed by atoms with E-state index in [2.05, 4.69) is 5.32 Å². The van der Waals surface area contributed by atoms with Gasteiger partial charge in [0.25, 0.3) is 5.91 Å². The molecule has 0 spiro atoms. The van der Waals surface area contributed by atoms with E-state index in [1.54, 1.807) is 36.4 Å². The van der Waals surface area contributed by atoms with Crippen molar-refractivity contribution >= 4 is 40.1 Å². The molecule has 6 heteroatoms. The molecule has 3 rings (SSSR count). The summed E-state index contributed by atoms with van der Waals surface area (Å²) in [6.07, 6.45) is 0. The summed E-state index contributed by atoms with van der Waals surface area (Å²) in [5.74, 6) is -0.379. The standard InChI is InChI=1S/C17H12Cl2N2O2/c18-12-3-1-10(2-4-12)9-21-17(22)14-8-11-7-13(19)5-6-15(11)23-16(14)20/h1-8,20H,9H2,(H,21,22). The maximum Gasteiger partial charge on any atom is 0.257 e. The van der Waals surface area contributed by atoms with Crippen molar-refractivity contribution in [3.05, 3.63) is 75.3 Å². The average Bonchev–Trinajstić information content (AvgIpc) is 2.54. The van der Waals surface area contributed by atoms with E-state index in [0.29, 0.717) is 27.6 Å². The van der Waals surface area contributed by atoms with Crippen LogP contribution < -0.4 is 10.9 Å². The van der Waals surface area contributed by atoms with Crippen LogP contribution in [-0.2, 0) is 6.54 Å². The monoisotopic (exact) mass is 346 g/mol. The Morgan fingerprint density at radius 1 is 1.04 bits per heavy atom. The molecule has 0 bridgehead atoms. The van der Waals surface area contributed by atoms with Gasteiger partial charge < -0.3 is 9.73 Å². The summed E-state index contributed by atoms with van der Waals surface area (Å²) >= 11 is 11.8. The second-order valence-electron chi connectivity index (χ2n) is 4.98. The van der Waals surface area contributed by atoms with Crippen molar-refractivity contribution < 1.29 is 9.21 Å². The van der Waals surface area contributed by atoms with Gasteiger partial charge in [0, 0.05) is 22.0 Å². The Morgan fingerprint density at radius 2 is 1.74 bits per heavy atom. The van der Waals surface area contributed by atoms with Gasteiger partial charge in [-0.15, -0.1) is 0 Å². The minimum Gasteiger partial charge on any atom is -0.438 e. The summed E-state index contributed by atoms with van der Waals surface area (Å²) in [5.41, 5.74) is 1.39. The van der Waals surface area contributed by atoms with Crippen LogP contribution in [0.2, 0.25) is 10.0 Å². The van der Waals surface area contributed by atoms with Gasteiger partial charge in [0.05, 0.1) is 0 Å². The first-order chi connectivity index (χ1) is 11.0. The van der Waals surface area contributed by atoms with E-state index in [4.69, 9.17) is 33.0 Å². The molecule has 0 fully saturated rings. The van der Waals surface area contributed by atoms with Crippen molar-refractivity contribution in [3.63, 3.8) is 0 Å². The van der Waals surface area contributed by atoms with Crippen molar-refractivity contribution in [1.82, 2.24) is 5.32 Å². The zero-order valence-corrected chi connectivity index (χ0v) is 13.4. The molecule has 0 saturated carbocycles. The van der Waals surface area contributed by atoms with Crippen molar-refractivity contribution in [2.45, 2.75) is 6.54 Å². The van der Waals surface area contributed by atoms with Crippen LogP contribution in [0.4, 0.5) is 0 Å². The zero-order valence-electron chi connectivity index (χ0n) is 11.9. The summed E-state index contributed by atoms with van der Waals surface area (Å²) in [6.45, 7) is 0.336. The van der Waals surface area contributed by atoms with E-state index in [9.17, 15) is 4.79 Å². The normalized spacial score (nSPS) is 10.7. The van der Waals surface area contributed by atoms with Crippen LogP contribution in [-0.4, -0.2) is 5.91 Å². The molecule has 1 aromatic heterocycles. The third-order valence-electron chi connectivity index (χ3n) is 3.34. The molecule has 23 heavy (non-hydrogen) atoms. The lowest BCUT2D eigenvalue weighted by Crippen LogP contribution is -2.27. The molecule has 0 aliphatic carbocycles. The number of fused-ring (bicyclic) bond motifs is 1. The number of halogens is 2. The lowest BCUT2D eigenvalue weighted by Gasteiger charge is -2.06. The fraction of sp³-hybridized carbons (Fsp3) is 0.0588. The van der Waals surface area contributed by atoms with Gasteiger partial charge in [-0.3, -0.25) is 10.2 Å². The third kappa shape index (κ3) is 3.55. The fourth-order valence-corrected chi connectivity index (χ4v) is 2.47. The number of carbonyl (C=O) groups excluding carboxylic acids is 1. The van der Waals surface area contributed by atoms with Gasteiger partial charge in [0.2, 0.25) is 5.55 Å². The van der Waals surface area contributed by atoms with Gasteiger partial charge in [0.15, 0.2) is 0 Å². The lowest BCUT2D eigenvalue weighted by molar-refractivity contribution is 0.0946. The summed E-state index contributed by atoms with van der Waals surface area (Å²) in [7, 11) is 0. The van der Waals surface area contributed by atoms with E-state index < -0.39 is 0 Å². The summed E-state index contributed by atoms with van der Waals surface area (Å²) in [5, 5.41) is 12.5. The highest BCUT2D eigenvalue weighted by molar-refractivity contribution is 6.31. The van der Waals surface area contributed by atoms with E-state index in [1.807, 2.05) is 12.1 Å². The first-order valence-electron chi connectivity index (χ1n) is 6.83. The molecule has 0 saturated heterocycles. The largest absolute Gasteiger partial charge is 0.438 e. The predicted octanol–water partition coefficient (Wildman–Crippen LogP) is 4.15. The van der Waals surface area contributed by atoms with Gasteiger partial charge in [-0.1, -0.05) is 35.3 Å². The molecular weight excluding hydrogens is 335 g/mol. The van der Waals surface area contributed by atoms with Gasteiger partial charge in [0.1, 0.15) is 11.1 Å². The van der Waals surface area contributed by atoms with Gasteiger partial charge in [-0.2, -0.15) is 0 Å². The zero-order chi connectivity index (χ0) is 16.4. The first-order valence-corrected chi connectivity index (χ1v) is 7.59. The second-order valence-corrected chi connectivity index (χ2v) is 5.85. The maximum atomic E-state index is 12.3. The van der Waals surface area contributed by atoms with Crippen LogP contribution in [0.5, 0.6) is 0 Å². The van der Waals surface area contributed by atoms with Crippen LogP contribution in [0.3, 0.4) is 0 Å². The van der Waals surface area contributed by atoms with E-state index in [1.165, 1.54) is 0 Å². The van der Waals surface area contributed by atoms with Gasteiger partial charge in [-0.25, -0.2) is 0 Å². The fourth-order valence-electron chi connectivity index (χ4n) is 2.16. The molecule has 1 heterocycles. The Balaban J connectivity index is 1.84. The second kappa shape index (κ2) is 6.44. The smallest absolute Gasteiger partial charge is 0.257 e. The van der Waals surface area contributed by atoms with E-state index in [0.717, 1.165) is 5.56 Å². The van der Waals surface area contributed by atoms with Gasteiger partial charge >= 0.3 is 0 Å². The van der Waals surface area contributed by atoms with Crippen LogP contribution in [0.15, 0.2) is 52.9 Å². The maximum absolute atomic E-state index is 12.3. The number of hydrogen-bond donors (Lipinski definition) is 2. The Bertz CT molecular complexity index is 933. The number of rotatable bonds is 3. The molecule has 116 valence electrons. The number of benzene rings is 2. The molecule has 1 amide bonds. The molecular formula is C17H12Cl2N2O2. The minimum absolute atomic E-state index is 0.161. The molecule has 3 aromatic rings. The van der Waals surface area contributed by atoms with Crippen LogP contribution in [0.25, 0.3) is 11.0 Å². The predicted molar refractivity (Wildman–Crippen MR) is 89.7 cm³/mol. The Hall–Kier alpha value is -2.30. The lowest BCUT2D eigenvalue weighted by atomic mass is 10.1. The minimum atomic E-state index is -0.379. The molecule has 0 unspecified atom stereocenters. The van der Waals surface area contributed by atoms with Gasteiger partial charge in [-0.05, 0) is 42.0 Å². The molecule has 0 aliphatic rings. The number of hydrogen-bond acceptors (Lipinski definition) is 3. The Kier molecular flexibility index (Phi) is 4.37. The Labute approximate surface area is 142 Å². The van der Waals surface area contributed by atoms with Crippen molar-refractivity contribution in [2.24, 2.45) is 0 Å². The van der Waals surface area contributed by atoms with Crippen molar-refractivity contribution in [1.29, 1.82) is 5.41 Å². The molecule has 2 N–H and O–H groups in total. The highest BCUT2D eigenvalue weighted by Gasteiger charge is 2.11. The van der Waals surface area contributed by atoms with E-state index in [-0.39, 0.29) is 17.0 Å². The van der Waals surface area contributed by atoms with Crippen LogP contribution in [0, 0.1) is 5.41 Å².